The lowest BCUT2D eigenvalue weighted by atomic mass is 10.1. The Morgan fingerprint density at radius 3 is 1.96 bits per heavy atom. The minimum atomic E-state index is -1.76. The van der Waals surface area contributed by atoms with Crippen molar-refractivity contribution in [2.75, 3.05) is 21.3 Å². The molecule has 1 aromatic rings. The average molecular weight is 327 g/mol. The van der Waals surface area contributed by atoms with Crippen LogP contribution in [0.15, 0.2) is 11.6 Å². The van der Waals surface area contributed by atoms with Crippen molar-refractivity contribution >= 4 is 23.7 Å². The van der Waals surface area contributed by atoms with Crippen molar-refractivity contribution in [2.24, 2.45) is 0 Å². The second-order valence-electron chi connectivity index (χ2n) is 4.00. The van der Waals surface area contributed by atoms with E-state index in [0.717, 1.165) is 6.07 Å². The predicted molar refractivity (Wildman–Crippen MR) is 76.0 cm³/mol. The van der Waals surface area contributed by atoms with Gasteiger partial charge in [0.1, 0.15) is 5.57 Å². The fourth-order valence-corrected chi connectivity index (χ4v) is 1.82. The Morgan fingerprint density at radius 1 is 1.09 bits per heavy atom. The molecule has 0 aliphatic heterocycles. The van der Waals surface area contributed by atoms with E-state index in [2.05, 4.69) is 0 Å². The molecule has 0 atom stereocenters. The highest BCUT2D eigenvalue weighted by atomic mass is 16.6. The second kappa shape index (κ2) is 7.11. The van der Waals surface area contributed by atoms with E-state index in [0.29, 0.717) is 6.08 Å². The Balaban J connectivity index is 3.87. The van der Waals surface area contributed by atoms with Gasteiger partial charge in [-0.1, -0.05) is 0 Å². The zero-order valence-electron chi connectivity index (χ0n) is 12.4. The second-order valence-corrected chi connectivity index (χ2v) is 4.00. The number of nitro benzene ring substituents is 1. The lowest BCUT2D eigenvalue weighted by Gasteiger charge is -2.14. The first kappa shape index (κ1) is 17.8. The van der Waals surface area contributed by atoms with E-state index in [1.54, 1.807) is 0 Å². The highest BCUT2D eigenvalue weighted by Gasteiger charge is 2.28. The third-order valence-electron chi connectivity index (χ3n) is 2.79. The van der Waals surface area contributed by atoms with Crippen molar-refractivity contribution in [1.82, 2.24) is 0 Å². The van der Waals surface area contributed by atoms with Crippen LogP contribution in [0.3, 0.4) is 0 Å². The van der Waals surface area contributed by atoms with Gasteiger partial charge in [-0.2, -0.15) is 0 Å². The van der Waals surface area contributed by atoms with Gasteiger partial charge in [0.15, 0.2) is 11.5 Å². The highest BCUT2D eigenvalue weighted by molar-refractivity contribution is 6.16. The summed E-state index contributed by atoms with van der Waals surface area (Å²) in [6.45, 7) is 0. The van der Waals surface area contributed by atoms with Crippen molar-refractivity contribution in [3.63, 3.8) is 0 Å². The van der Waals surface area contributed by atoms with Crippen molar-refractivity contribution in [2.45, 2.75) is 0 Å². The monoisotopic (exact) mass is 327 g/mol. The van der Waals surface area contributed by atoms with E-state index in [1.165, 1.54) is 21.3 Å². The number of carboxylic acids is 2. The Labute approximate surface area is 129 Å². The maximum absolute atomic E-state index is 11.2. The average Bonchev–Trinajstić information content (AvgIpc) is 2.49. The van der Waals surface area contributed by atoms with Crippen LogP contribution in [-0.2, 0) is 9.59 Å². The van der Waals surface area contributed by atoms with E-state index in [1.807, 2.05) is 0 Å². The molecular weight excluding hydrogens is 314 g/mol. The van der Waals surface area contributed by atoms with Crippen molar-refractivity contribution in [3.8, 4) is 17.2 Å². The number of benzene rings is 1. The molecule has 23 heavy (non-hydrogen) atoms. The van der Waals surface area contributed by atoms with E-state index in [-0.39, 0.29) is 22.8 Å². The number of carbonyl (C=O) groups is 2. The molecule has 0 fully saturated rings. The molecule has 0 heterocycles. The van der Waals surface area contributed by atoms with Crippen LogP contribution in [0.5, 0.6) is 17.2 Å². The van der Waals surface area contributed by atoms with Gasteiger partial charge in [0.2, 0.25) is 5.75 Å². The summed E-state index contributed by atoms with van der Waals surface area (Å²) in [5.74, 6) is -3.81. The fraction of sp³-hybridized carbons (Fsp3) is 0.231. The number of methoxy groups -OCH3 is 3. The summed E-state index contributed by atoms with van der Waals surface area (Å²) in [6, 6.07) is 0.981. The minimum Gasteiger partial charge on any atom is -0.492 e. The topological polar surface area (TPSA) is 145 Å². The molecule has 0 spiro atoms. The van der Waals surface area contributed by atoms with Gasteiger partial charge in [0.05, 0.1) is 37.9 Å². The normalized spacial score (nSPS) is 9.70. The van der Waals surface area contributed by atoms with Crippen LogP contribution in [0.25, 0.3) is 6.08 Å². The van der Waals surface area contributed by atoms with Crippen LogP contribution in [0.1, 0.15) is 5.56 Å². The standard InChI is InChI=1S/C13H13NO9/c1-21-9-5-8(14(19)20)6(10(22-2)11(9)23-3)4-7(12(15)16)13(17)18/h4-5H,1-3H3,(H,15,16)(H,17,18). The summed E-state index contributed by atoms with van der Waals surface area (Å²) < 4.78 is 15.0. The lowest BCUT2D eigenvalue weighted by Crippen LogP contribution is -2.11. The summed E-state index contributed by atoms with van der Waals surface area (Å²) in [4.78, 5) is 32.4. The highest BCUT2D eigenvalue weighted by Crippen LogP contribution is 2.45. The summed E-state index contributed by atoms with van der Waals surface area (Å²) in [5.41, 5.74) is -2.03. The Bertz CT molecular complexity index is 677. The molecule has 2 N–H and O–H groups in total. The number of nitro groups is 1. The molecule has 0 aliphatic carbocycles. The van der Waals surface area contributed by atoms with Gasteiger partial charge in [-0.15, -0.1) is 0 Å². The van der Waals surface area contributed by atoms with E-state index in [4.69, 9.17) is 24.4 Å². The predicted octanol–water partition coefficient (Wildman–Crippen LogP) is 1.17. The summed E-state index contributed by atoms with van der Waals surface area (Å²) in [7, 11) is 3.66. The van der Waals surface area contributed by atoms with Gasteiger partial charge in [0.25, 0.3) is 5.69 Å². The summed E-state index contributed by atoms with van der Waals surface area (Å²) in [5, 5.41) is 29.0. The third-order valence-corrected chi connectivity index (χ3v) is 2.79. The first-order valence-corrected chi connectivity index (χ1v) is 5.94. The molecule has 0 radical (unpaired) electrons. The number of rotatable bonds is 7. The SMILES string of the molecule is COc1cc([N+](=O)[O-])c(C=C(C(=O)O)C(=O)O)c(OC)c1OC. The zero-order valence-corrected chi connectivity index (χ0v) is 12.4. The molecule has 0 aliphatic rings. The molecule has 0 bridgehead atoms. The van der Waals surface area contributed by atoms with E-state index < -0.39 is 28.1 Å². The number of carboxylic acid groups (broad SMARTS) is 2. The number of hydrogen-bond donors (Lipinski definition) is 2. The van der Waals surface area contributed by atoms with Crippen molar-refractivity contribution in [1.29, 1.82) is 0 Å². The number of ether oxygens (including phenoxy) is 3. The fourth-order valence-electron chi connectivity index (χ4n) is 1.82. The molecule has 0 aromatic heterocycles. The van der Waals surface area contributed by atoms with Crippen LogP contribution >= 0.6 is 0 Å². The van der Waals surface area contributed by atoms with Gasteiger partial charge in [-0.3, -0.25) is 10.1 Å². The molecule has 0 saturated carbocycles. The molecule has 1 rings (SSSR count). The number of aliphatic carboxylic acids is 2. The Morgan fingerprint density at radius 2 is 1.61 bits per heavy atom. The molecule has 0 saturated heterocycles. The van der Waals surface area contributed by atoms with Crippen LogP contribution in [0.2, 0.25) is 0 Å². The molecule has 10 heteroatoms. The molecule has 1 aromatic carbocycles. The molecule has 0 unspecified atom stereocenters. The Kier molecular flexibility index (Phi) is 5.49. The summed E-state index contributed by atoms with van der Waals surface area (Å²) in [6.07, 6.45) is 0.629. The van der Waals surface area contributed by atoms with Gasteiger partial charge in [-0.05, 0) is 6.08 Å². The van der Waals surface area contributed by atoms with Gasteiger partial charge >= 0.3 is 11.9 Å². The molecule has 0 amide bonds. The van der Waals surface area contributed by atoms with Crippen LogP contribution in [0, 0.1) is 10.1 Å². The van der Waals surface area contributed by atoms with Crippen LogP contribution < -0.4 is 14.2 Å². The lowest BCUT2D eigenvalue weighted by molar-refractivity contribution is -0.385. The first-order chi connectivity index (χ1) is 10.8. The zero-order chi connectivity index (χ0) is 17.7. The van der Waals surface area contributed by atoms with Crippen molar-refractivity contribution < 1.29 is 38.9 Å². The van der Waals surface area contributed by atoms with Gasteiger partial charge in [-0.25, -0.2) is 9.59 Å². The van der Waals surface area contributed by atoms with E-state index in [9.17, 15) is 19.7 Å². The first-order valence-electron chi connectivity index (χ1n) is 5.94. The quantitative estimate of drug-likeness (QED) is 0.248. The Hall–Kier alpha value is -3.30. The largest absolute Gasteiger partial charge is 0.492 e. The van der Waals surface area contributed by atoms with Gasteiger partial charge in [0, 0.05) is 0 Å². The maximum atomic E-state index is 11.2. The number of hydrogen-bond acceptors (Lipinski definition) is 7. The minimum absolute atomic E-state index is 0.0274. The third kappa shape index (κ3) is 3.48. The molecular formula is C13H13NO9. The van der Waals surface area contributed by atoms with Crippen LogP contribution in [-0.4, -0.2) is 48.4 Å². The summed E-state index contributed by atoms with van der Waals surface area (Å²) >= 11 is 0. The van der Waals surface area contributed by atoms with Crippen LogP contribution in [0.4, 0.5) is 5.69 Å². The number of nitrogens with zero attached hydrogens (tertiary/aromatic N) is 1. The van der Waals surface area contributed by atoms with Crippen molar-refractivity contribution in [3.05, 3.63) is 27.3 Å². The molecule has 10 nitrogen and oxygen atoms in total. The maximum Gasteiger partial charge on any atom is 0.343 e. The van der Waals surface area contributed by atoms with Gasteiger partial charge < -0.3 is 24.4 Å². The van der Waals surface area contributed by atoms with E-state index >= 15 is 0 Å². The molecule has 124 valence electrons. The smallest absolute Gasteiger partial charge is 0.343 e.